The van der Waals surface area contributed by atoms with E-state index in [4.69, 9.17) is 4.74 Å². The molecule has 1 unspecified atom stereocenters. The predicted octanol–water partition coefficient (Wildman–Crippen LogP) is 5.23. The average Bonchev–Trinajstić information content (AvgIpc) is 2.99. The molecule has 156 valence electrons. The van der Waals surface area contributed by atoms with Crippen LogP contribution in [0.3, 0.4) is 0 Å². The molecule has 0 aliphatic heterocycles. The second-order valence-electron chi connectivity index (χ2n) is 8.18. The van der Waals surface area contributed by atoms with Crippen molar-refractivity contribution in [3.8, 4) is 0 Å². The summed E-state index contributed by atoms with van der Waals surface area (Å²) in [4.78, 5) is 22.9. The number of aliphatic hydroxyl groups is 1. The highest BCUT2D eigenvalue weighted by molar-refractivity contribution is 5.83. The van der Waals surface area contributed by atoms with Crippen LogP contribution in [0.15, 0.2) is 12.2 Å². The number of unbranched alkanes of at least 4 members (excludes halogenated alkanes) is 3. The Labute approximate surface area is 165 Å². The van der Waals surface area contributed by atoms with Gasteiger partial charge in [-0.05, 0) is 63.2 Å². The van der Waals surface area contributed by atoms with Crippen LogP contribution >= 0.6 is 0 Å². The minimum Gasteiger partial charge on any atom is -0.466 e. The quantitative estimate of drug-likeness (QED) is 0.255. The fourth-order valence-corrected chi connectivity index (χ4v) is 3.98. The summed E-state index contributed by atoms with van der Waals surface area (Å²) in [6.45, 7) is 6.24. The van der Waals surface area contributed by atoms with Crippen LogP contribution in [0.5, 0.6) is 0 Å². The molecule has 1 aliphatic rings. The van der Waals surface area contributed by atoms with Gasteiger partial charge in [-0.1, -0.05) is 38.8 Å². The summed E-state index contributed by atoms with van der Waals surface area (Å²) in [5.41, 5.74) is 0. The first-order chi connectivity index (χ1) is 13.0. The van der Waals surface area contributed by atoms with Gasteiger partial charge in [-0.25, -0.2) is 0 Å². The number of esters is 1. The Morgan fingerprint density at radius 1 is 1.26 bits per heavy atom. The average molecular weight is 381 g/mol. The Morgan fingerprint density at radius 3 is 2.74 bits per heavy atom. The van der Waals surface area contributed by atoms with Crippen molar-refractivity contribution in [2.24, 2.45) is 17.8 Å². The first kappa shape index (κ1) is 23.9. The van der Waals surface area contributed by atoms with Crippen LogP contribution in [0.2, 0.25) is 0 Å². The molecule has 0 bridgehead atoms. The molecule has 0 aromatic rings. The van der Waals surface area contributed by atoms with Gasteiger partial charge in [0, 0.05) is 19.3 Å². The molecule has 0 aromatic heterocycles. The van der Waals surface area contributed by atoms with Gasteiger partial charge in [0.1, 0.15) is 5.78 Å². The maximum Gasteiger partial charge on any atom is 0.302 e. The van der Waals surface area contributed by atoms with Crippen molar-refractivity contribution in [1.82, 2.24) is 0 Å². The van der Waals surface area contributed by atoms with Crippen molar-refractivity contribution in [3.63, 3.8) is 0 Å². The van der Waals surface area contributed by atoms with Gasteiger partial charge in [0.25, 0.3) is 0 Å². The predicted molar refractivity (Wildman–Crippen MR) is 109 cm³/mol. The second-order valence-corrected chi connectivity index (χ2v) is 8.18. The van der Waals surface area contributed by atoms with E-state index in [1.54, 1.807) is 0 Å². The smallest absolute Gasteiger partial charge is 0.302 e. The molecule has 0 aromatic carbocycles. The van der Waals surface area contributed by atoms with Crippen LogP contribution < -0.4 is 0 Å². The number of Topliss-reactive ketones (excluding diaryl/α,β-unsaturated/α-hetero) is 1. The van der Waals surface area contributed by atoms with Gasteiger partial charge >= 0.3 is 5.97 Å². The minimum atomic E-state index is -0.235. The summed E-state index contributed by atoms with van der Waals surface area (Å²) in [5, 5.41) is 10.4. The number of ether oxygens (including phenoxy) is 1. The Hall–Kier alpha value is -1.16. The van der Waals surface area contributed by atoms with Gasteiger partial charge in [-0.3, -0.25) is 9.59 Å². The molecule has 4 nitrogen and oxygen atoms in total. The SMILES string of the molecule is CCCCC(C)[C@H](O)CC[C@H]1CCC(=O)[C@@H]1CC=CCCCCOC(C)=O. The highest BCUT2D eigenvalue weighted by atomic mass is 16.5. The molecule has 0 spiro atoms. The van der Waals surface area contributed by atoms with Crippen LogP contribution in [0.1, 0.15) is 91.4 Å². The summed E-state index contributed by atoms with van der Waals surface area (Å²) in [6.07, 6.45) is 14.6. The lowest BCUT2D eigenvalue weighted by Crippen LogP contribution is -2.21. The Kier molecular flexibility index (Phi) is 12.3. The molecular formula is C23H40O4. The molecule has 1 aliphatic carbocycles. The molecule has 1 N–H and O–H groups in total. The maximum absolute atomic E-state index is 12.2. The lowest BCUT2D eigenvalue weighted by Gasteiger charge is -2.22. The standard InChI is InChI=1S/C23H40O4/c1-4-5-11-18(2)22(25)15-13-20-14-16-23(26)21(20)12-9-7-6-8-10-17-27-19(3)24/h7,9,18,20-22,25H,4-6,8,10-17H2,1-3H3/t18?,20-,21+,22+/m0/s1. The first-order valence-electron chi connectivity index (χ1n) is 10.9. The van der Waals surface area contributed by atoms with Gasteiger partial charge in [0.05, 0.1) is 12.7 Å². The summed E-state index contributed by atoms with van der Waals surface area (Å²) in [6, 6.07) is 0. The van der Waals surface area contributed by atoms with Gasteiger partial charge in [0.2, 0.25) is 0 Å². The third-order valence-electron chi connectivity index (χ3n) is 5.87. The minimum absolute atomic E-state index is 0.139. The first-order valence-corrected chi connectivity index (χ1v) is 10.9. The van der Waals surface area contributed by atoms with E-state index in [1.807, 2.05) is 0 Å². The largest absolute Gasteiger partial charge is 0.466 e. The second kappa shape index (κ2) is 13.9. The molecule has 0 heterocycles. The fraction of sp³-hybridized carbons (Fsp3) is 0.826. The van der Waals surface area contributed by atoms with E-state index in [0.717, 1.165) is 51.4 Å². The van der Waals surface area contributed by atoms with E-state index in [9.17, 15) is 14.7 Å². The molecule has 0 saturated heterocycles. The molecule has 0 amide bonds. The third kappa shape index (κ3) is 10.1. The van der Waals surface area contributed by atoms with E-state index in [1.165, 1.54) is 19.8 Å². The van der Waals surface area contributed by atoms with Gasteiger partial charge in [-0.2, -0.15) is 0 Å². The lowest BCUT2D eigenvalue weighted by atomic mass is 9.85. The normalized spacial score (nSPS) is 22.3. The van der Waals surface area contributed by atoms with Crippen LogP contribution in [0, 0.1) is 17.8 Å². The summed E-state index contributed by atoms with van der Waals surface area (Å²) < 4.78 is 4.91. The van der Waals surface area contributed by atoms with Crippen molar-refractivity contribution >= 4 is 11.8 Å². The maximum atomic E-state index is 12.2. The van der Waals surface area contributed by atoms with Gasteiger partial charge < -0.3 is 9.84 Å². The van der Waals surface area contributed by atoms with Crippen LogP contribution in [-0.4, -0.2) is 29.6 Å². The topological polar surface area (TPSA) is 63.6 Å². The zero-order valence-corrected chi connectivity index (χ0v) is 17.6. The zero-order valence-electron chi connectivity index (χ0n) is 17.6. The lowest BCUT2D eigenvalue weighted by molar-refractivity contribution is -0.141. The Morgan fingerprint density at radius 2 is 2.04 bits per heavy atom. The molecule has 4 atom stereocenters. The Bertz CT molecular complexity index is 457. The summed E-state index contributed by atoms with van der Waals surface area (Å²) in [5.74, 6) is 1.10. The molecular weight excluding hydrogens is 340 g/mol. The number of carbonyl (C=O) groups excluding carboxylic acids is 2. The van der Waals surface area contributed by atoms with Gasteiger partial charge in [-0.15, -0.1) is 0 Å². The highest BCUT2D eigenvalue weighted by Gasteiger charge is 2.33. The molecule has 4 heteroatoms. The van der Waals surface area contributed by atoms with Crippen LogP contribution in [-0.2, 0) is 14.3 Å². The molecule has 1 fully saturated rings. The molecule has 1 rings (SSSR count). The van der Waals surface area contributed by atoms with E-state index < -0.39 is 0 Å². The number of rotatable bonds is 14. The Balaban J connectivity index is 2.27. The monoisotopic (exact) mass is 380 g/mol. The van der Waals surface area contributed by atoms with Gasteiger partial charge in [0.15, 0.2) is 0 Å². The van der Waals surface area contributed by atoms with Crippen molar-refractivity contribution in [2.75, 3.05) is 6.61 Å². The fourth-order valence-electron chi connectivity index (χ4n) is 3.98. The molecule has 27 heavy (non-hydrogen) atoms. The number of hydrogen-bond donors (Lipinski definition) is 1. The van der Waals surface area contributed by atoms with Crippen molar-refractivity contribution in [3.05, 3.63) is 12.2 Å². The number of ketones is 1. The molecule has 0 radical (unpaired) electrons. The molecule has 1 saturated carbocycles. The van der Waals surface area contributed by atoms with E-state index in [0.29, 0.717) is 30.6 Å². The number of allylic oxidation sites excluding steroid dienone is 2. The van der Waals surface area contributed by atoms with Crippen LogP contribution in [0.4, 0.5) is 0 Å². The van der Waals surface area contributed by atoms with E-state index >= 15 is 0 Å². The van der Waals surface area contributed by atoms with Crippen molar-refractivity contribution < 1.29 is 19.4 Å². The highest BCUT2D eigenvalue weighted by Crippen LogP contribution is 2.35. The number of carbonyl (C=O) groups is 2. The van der Waals surface area contributed by atoms with Crippen LogP contribution in [0.25, 0.3) is 0 Å². The number of hydrogen-bond acceptors (Lipinski definition) is 4. The third-order valence-corrected chi connectivity index (χ3v) is 5.87. The summed E-state index contributed by atoms with van der Waals surface area (Å²) >= 11 is 0. The zero-order chi connectivity index (χ0) is 20.1. The van der Waals surface area contributed by atoms with E-state index in [2.05, 4.69) is 26.0 Å². The van der Waals surface area contributed by atoms with E-state index in [-0.39, 0.29) is 18.0 Å². The number of aliphatic hydroxyl groups excluding tert-OH is 1. The van der Waals surface area contributed by atoms with Crippen molar-refractivity contribution in [2.45, 2.75) is 97.5 Å². The van der Waals surface area contributed by atoms with Crippen molar-refractivity contribution in [1.29, 1.82) is 0 Å². The summed E-state index contributed by atoms with van der Waals surface area (Å²) in [7, 11) is 0.